The van der Waals surface area contributed by atoms with Gasteiger partial charge in [0.15, 0.2) is 0 Å². The number of nitrogens with two attached hydrogens (primary N) is 1. The molecule has 1 aliphatic rings. The van der Waals surface area contributed by atoms with Crippen molar-refractivity contribution in [2.24, 2.45) is 5.73 Å². The Morgan fingerprint density at radius 1 is 1.33 bits per heavy atom. The average molecular weight is 125 g/mol. The van der Waals surface area contributed by atoms with Crippen LogP contribution >= 0.6 is 0 Å². The summed E-state index contributed by atoms with van der Waals surface area (Å²) in [7, 11) is 0. The van der Waals surface area contributed by atoms with Crippen LogP contribution in [0.3, 0.4) is 0 Å². The minimum Gasteiger partial charge on any atom is -0.330 e. The SMILES string of the molecule is C1=CCC=C1.CCCN. The molecule has 0 aliphatic heterocycles. The lowest BCUT2D eigenvalue weighted by atomic mass is 10.5. The molecule has 0 radical (unpaired) electrons. The highest BCUT2D eigenvalue weighted by molar-refractivity contribution is 5.11. The van der Waals surface area contributed by atoms with Crippen molar-refractivity contribution >= 4 is 0 Å². The standard InChI is InChI=1S/C5H6.C3H9N/c1-2-4-5-3-1;1-2-3-4/h1-4H,5H2;2-4H2,1H3. The lowest BCUT2D eigenvalue weighted by molar-refractivity contribution is 0.932. The van der Waals surface area contributed by atoms with E-state index in [4.69, 9.17) is 5.73 Å². The van der Waals surface area contributed by atoms with E-state index in [0.29, 0.717) is 0 Å². The summed E-state index contributed by atoms with van der Waals surface area (Å²) in [6.45, 7) is 2.88. The van der Waals surface area contributed by atoms with Crippen LogP contribution in [0.4, 0.5) is 0 Å². The zero-order valence-corrected chi connectivity index (χ0v) is 6.01. The fourth-order valence-electron chi connectivity index (χ4n) is 0.393. The summed E-state index contributed by atoms with van der Waals surface area (Å²) in [6.07, 6.45) is 10.6. The second-order valence-electron chi connectivity index (χ2n) is 1.88. The molecule has 0 atom stereocenters. The molecule has 0 heterocycles. The van der Waals surface area contributed by atoms with Crippen molar-refractivity contribution in [1.29, 1.82) is 0 Å². The lowest BCUT2D eigenvalue weighted by Gasteiger charge is -1.70. The molecule has 0 spiro atoms. The summed E-state index contributed by atoms with van der Waals surface area (Å²) in [5, 5.41) is 0. The average Bonchev–Trinajstić information content (AvgIpc) is 2.43. The Labute approximate surface area is 57.3 Å². The molecule has 1 rings (SSSR count). The summed E-state index contributed by atoms with van der Waals surface area (Å²) >= 11 is 0. The van der Waals surface area contributed by atoms with Gasteiger partial charge in [0.1, 0.15) is 0 Å². The molecule has 0 saturated heterocycles. The molecule has 0 bridgehead atoms. The van der Waals surface area contributed by atoms with E-state index in [1.54, 1.807) is 0 Å². The van der Waals surface area contributed by atoms with Crippen molar-refractivity contribution in [3.05, 3.63) is 24.3 Å². The second-order valence-corrected chi connectivity index (χ2v) is 1.88. The maximum atomic E-state index is 5.03. The molecule has 1 aliphatic carbocycles. The van der Waals surface area contributed by atoms with E-state index >= 15 is 0 Å². The largest absolute Gasteiger partial charge is 0.330 e. The molecular weight excluding hydrogens is 110 g/mol. The zero-order valence-electron chi connectivity index (χ0n) is 6.01. The summed E-state index contributed by atoms with van der Waals surface area (Å²) < 4.78 is 0. The van der Waals surface area contributed by atoms with Crippen molar-refractivity contribution in [1.82, 2.24) is 0 Å². The monoisotopic (exact) mass is 125 g/mol. The number of allylic oxidation sites excluding steroid dienone is 4. The summed E-state index contributed by atoms with van der Waals surface area (Å²) in [5.74, 6) is 0. The number of hydrogen-bond acceptors (Lipinski definition) is 1. The van der Waals surface area contributed by atoms with Crippen LogP contribution in [0.15, 0.2) is 24.3 Å². The predicted octanol–water partition coefficient (Wildman–Crippen LogP) is 1.86. The Morgan fingerprint density at radius 2 is 1.78 bits per heavy atom. The van der Waals surface area contributed by atoms with E-state index in [0.717, 1.165) is 19.4 Å². The highest BCUT2D eigenvalue weighted by atomic mass is 14.5. The van der Waals surface area contributed by atoms with Gasteiger partial charge in [-0.2, -0.15) is 0 Å². The minimum absolute atomic E-state index is 0.819. The van der Waals surface area contributed by atoms with Gasteiger partial charge in [-0.05, 0) is 19.4 Å². The Morgan fingerprint density at radius 3 is 1.89 bits per heavy atom. The molecule has 0 unspecified atom stereocenters. The highest BCUT2D eigenvalue weighted by Gasteiger charge is 1.72. The van der Waals surface area contributed by atoms with E-state index in [1.807, 2.05) is 0 Å². The van der Waals surface area contributed by atoms with Crippen LogP contribution in [0, 0.1) is 0 Å². The van der Waals surface area contributed by atoms with Crippen molar-refractivity contribution < 1.29 is 0 Å². The van der Waals surface area contributed by atoms with Gasteiger partial charge >= 0.3 is 0 Å². The van der Waals surface area contributed by atoms with E-state index in [2.05, 4.69) is 31.2 Å². The first-order valence-electron chi connectivity index (χ1n) is 3.43. The maximum Gasteiger partial charge on any atom is -0.00799 e. The van der Waals surface area contributed by atoms with Gasteiger partial charge in [0, 0.05) is 0 Å². The Hall–Kier alpha value is -0.560. The van der Waals surface area contributed by atoms with Crippen LogP contribution < -0.4 is 5.73 Å². The van der Waals surface area contributed by atoms with Gasteiger partial charge in [-0.3, -0.25) is 0 Å². The van der Waals surface area contributed by atoms with Gasteiger partial charge in [0.2, 0.25) is 0 Å². The lowest BCUT2D eigenvalue weighted by Crippen LogP contribution is -1.93. The Bertz CT molecular complexity index is 80.7. The minimum atomic E-state index is 0.819. The molecule has 2 N–H and O–H groups in total. The molecule has 0 aromatic rings. The molecule has 52 valence electrons. The molecule has 0 aromatic carbocycles. The first-order valence-corrected chi connectivity index (χ1v) is 3.43. The van der Waals surface area contributed by atoms with Crippen LogP contribution in [0.2, 0.25) is 0 Å². The molecule has 0 saturated carbocycles. The molecule has 1 nitrogen and oxygen atoms in total. The van der Waals surface area contributed by atoms with Crippen LogP contribution in [0.1, 0.15) is 19.8 Å². The predicted molar refractivity (Wildman–Crippen MR) is 42.2 cm³/mol. The molecule has 9 heavy (non-hydrogen) atoms. The molecule has 1 heteroatoms. The number of rotatable bonds is 1. The summed E-state index contributed by atoms with van der Waals surface area (Å²) in [5.41, 5.74) is 5.03. The Kier molecular flexibility index (Phi) is 6.98. The fraction of sp³-hybridized carbons (Fsp3) is 0.500. The van der Waals surface area contributed by atoms with Crippen LogP contribution in [-0.4, -0.2) is 6.54 Å². The van der Waals surface area contributed by atoms with Gasteiger partial charge in [0.25, 0.3) is 0 Å². The van der Waals surface area contributed by atoms with Crippen LogP contribution in [0.5, 0.6) is 0 Å². The van der Waals surface area contributed by atoms with Crippen molar-refractivity contribution in [3.8, 4) is 0 Å². The normalized spacial score (nSPS) is 13.1. The van der Waals surface area contributed by atoms with Gasteiger partial charge in [-0.25, -0.2) is 0 Å². The fourth-order valence-corrected chi connectivity index (χ4v) is 0.393. The number of hydrogen-bond donors (Lipinski definition) is 1. The molecule has 0 fully saturated rings. The van der Waals surface area contributed by atoms with E-state index in [9.17, 15) is 0 Å². The third-order valence-electron chi connectivity index (χ3n) is 0.944. The molecule has 0 amide bonds. The Balaban J connectivity index is 0.000000148. The van der Waals surface area contributed by atoms with Crippen molar-refractivity contribution in [2.75, 3.05) is 6.54 Å². The second kappa shape index (κ2) is 7.44. The van der Waals surface area contributed by atoms with E-state index in [1.165, 1.54) is 0 Å². The van der Waals surface area contributed by atoms with E-state index < -0.39 is 0 Å². The third kappa shape index (κ3) is 7.44. The molecular formula is C8H15N. The molecule has 0 aromatic heterocycles. The topological polar surface area (TPSA) is 26.0 Å². The zero-order chi connectivity index (χ0) is 6.95. The maximum absolute atomic E-state index is 5.03. The third-order valence-corrected chi connectivity index (χ3v) is 0.944. The van der Waals surface area contributed by atoms with Crippen molar-refractivity contribution in [3.63, 3.8) is 0 Å². The first-order chi connectivity index (χ1) is 4.41. The van der Waals surface area contributed by atoms with Gasteiger partial charge in [-0.1, -0.05) is 31.2 Å². The summed E-state index contributed by atoms with van der Waals surface area (Å²) in [6, 6.07) is 0. The quantitative estimate of drug-likeness (QED) is 0.568. The van der Waals surface area contributed by atoms with Crippen molar-refractivity contribution in [2.45, 2.75) is 19.8 Å². The first kappa shape index (κ1) is 8.44. The summed E-state index contributed by atoms with van der Waals surface area (Å²) in [4.78, 5) is 0. The van der Waals surface area contributed by atoms with Gasteiger partial charge in [0.05, 0.1) is 0 Å². The van der Waals surface area contributed by atoms with Crippen LogP contribution in [0.25, 0.3) is 0 Å². The van der Waals surface area contributed by atoms with Gasteiger partial charge < -0.3 is 5.73 Å². The van der Waals surface area contributed by atoms with E-state index in [-0.39, 0.29) is 0 Å². The smallest absolute Gasteiger partial charge is 0.00799 e. The highest BCUT2D eigenvalue weighted by Crippen LogP contribution is 1.93. The van der Waals surface area contributed by atoms with Crippen LogP contribution in [-0.2, 0) is 0 Å². The van der Waals surface area contributed by atoms with Gasteiger partial charge in [-0.15, -0.1) is 0 Å².